The molecular weight excluding hydrogens is 224 g/mol. The lowest BCUT2D eigenvalue weighted by Crippen LogP contribution is -2.31. The third-order valence-corrected chi connectivity index (χ3v) is 3.16. The smallest absolute Gasteiger partial charge is 0.222 e. The van der Waals surface area contributed by atoms with Crippen LogP contribution in [0.1, 0.15) is 39.5 Å². The van der Waals surface area contributed by atoms with E-state index in [9.17, 15) is 4.79 Å². The van der Waals surface area contributed by atoms with Gasteiger partial charge in [0.1, 0.15) is 0 Å². The first kappa shape index (κ1) is 15.7. The van der Waals surface area contributed by atoms with Crippen LogP contribution in [-0.2, 0) is 4.79 Å². The van der Waals surface area contributed by atoms with Gasteiger partial charge in [-0.15, -0.1) is 12.4 Å². The SMILES string of the molecule is CCCN(CC)C(=O)CCC1CCNC1.Cl. The van der Waals surface area contributed by atoms with Gasteiger partial charge in [-0.1, -0.05) is 6.92 Å². The van der Waals surface area contributed by atoms with Gasteiger partial charge in [0.05, 0.1) is 0 Å². The lowest BCUT2D eigenvalue weighted by atomic mass is 10.0. The zero-order chi connectivity index (χ0) is 11.1. The molecule has 1 fully saturated rings. The minimum absolute atomic E-state index is 0. The average Bonchev–Trinajstić information content (AvgIpc) is 2.75. The molecule has 3 nitrogen and oxygen atoms in total. The molecule has 16 heavy (non-hydrogen) atoms. The molecule has 1 saturated heterocycles. The summed E-state index contributed by atoms with van der Waals surface area (Å²) in [6.45, 7) is 8.19. The number of amides is 1. The number of nitrogens with zero attached hydrogens (tertiary/aromatic N) is 1. The van der Waals surface area contributed by atoms with Crippen LogP contribution in [0.3, 0.4) is 0 Å². The maximum absolute atomic E-state index is 11.8. The molecule has 0 aromatic rings. The molecule has 96 valence electrons. The summed E-state index contributed by atoms with van der Waals surface area (Å²) in [4.78, 5) is 13.8. The van der Waals surface area contributed by atoms with Gasteiger partial charge in [0, 0.05) is 19.5 Å². The van der Waals surface area contributed by atoms with E-state index in [4.69, 9.17) is 0 Å². The third kappa shape index (κ3) is 5.17. The number of hydrogen-bond donors (Lipinski definition) is 1. The highest BCUT2D eigenvalue weighted by Crippen LogP contribution is 2.15. The second-order valence-corrected chi connectivity index (χ2v) is 4.37. The van der Waals surface area contributed by atoms with Crippen LogP contribution in [0.2, 0.25) is 0 Å². The number of hydrogen-bond acceptors (Lipinski definition) is 2. The van der Waals surface area contributed by atoms with Crippen molar-refractivity contribution in [2.45, 2.75) is 39.5 Å². The van der Waals surface area contributed by atoms with Crippen molar-refractivity contribution in [3.8, 4) is 0 Å². The monoisotopic (exact) mass is 248 g/mol. The minimum Gasteiger partial charge on any atom is -0.343 e. The van der Waals surface area contributed by atoms with Crippen molar-refractivity contribution in [3.05, 3.63) is 0 Å². The van der Waals surface area contributed by atoms with E-state index in [0.717, 1.165) is 51.4 Å². The van der Waals surface area contributed by atoms with Gasteiger partial charge < -0.3 is 10.2 Å². The molecule has 0 aliphatic carbocycles. The lowest BCUT2D eigenvalue weighted by molar-refractivity contribution is -0.131. The first-order valence-electron chi connectivity index (χ1n) is 6.26. The average molecular weight is 249 g/mol. The molecule has 1 rings (SSSR count). The summed E-state index contributed by atoms with van der Waals surface area (Å²) in [7, 11) is 0. The minimum atomic E-state index is 0. The third-order valence-electron chi connectivity index (χ3n) is 3.16. The number of carbonyl (C=O) groups is 1. The van der Waals surface area contributed by atoms with E-state index in [2.05, 4.69) is 19.2 Å². The summed E-state index contributed by atoms with van der Waals surface area (Å²) >= 11 is 0. The van der Waals surface area contributed by atoms with Crippen molar-refractivity contribution in [1.29, 1.82) is 0 Å². The van der Waals surface area contributed by atoms with Crippen molar-refractivity contribution >= 4 is 18.3 Å². The van der Waals surface area contributed by atoms with Gasteiger partial charge in [-0.25, -0.2) is 0 Å². The van der Waals surface area contributed by atoms with Gasteiger partial charge in [-0.2, -0.15) is 0 Å². The van der Waals surface area contributed by atoms with Crippen LogP contribution in [0, 0.1) is 5.92 Å². The van der Waals surface area contributed by atoms with E-state index in [1.807, 2.05) is 4.90 Å². The number of carbonyl (C=O) groups excluding carboxylic acids is 1. The van der Waals surface area contributed by atoms with Crippen LogP contribution < -0.4 is 5.32 Å². The van der Waals surface area contributed by atoms with Crippen LogP contribution >= 0.6 is 12.4 Å². The van der Waals surface area contributed by atoms with E-state index >= 15 is 0 Å². The Kier molecular flexibility index (Phi) is 8.67. The molecule has 0 bridgehead atoms. The maximum Gasteiger partial charge on any atom is 0.222 e. The van der Waals surface area contributed by atoms with E-state index in [0.29, 0.717) is 5.91 Å². The molecule has 0 aromatic carbocycles. The molecule has 1 heterocycles. The van der Waals surface area contributed by atoms with Crippen molar-refractivity contribution in [3.63, 3.8) is 0 Å². The zero-order valence-corrected chi connectivity index (χ0v) is 11.3. The highest BCUT2D eigenvalue weighted by Gasteiger charge is 2.17. The highest BCUT2D eigenvalue weighted by molar-refractivity contribution is 5.85. The second kappa shape index (κ2) is 8.82. The van der Waals surface area contributed by atoms with Crippen LogP contribution in [0.15, 0.2) is 0 Å². The fraction of sp³-hybridized carbons (Fsp3) is 0.917. The topological polar surface area (TPSA) is 32.3 Å². The van der Waals surface area contributed by atoms with Crippen molar-refractivity contribution in [1.82, 2.24) is 10.2 Å². The first-order valence-corrected chi connectivity index (χ1v) is 6.26. The molecule has 4 heteroatoms. The quantitative estimate of drug-likeness (QED) is 0.781. The molecular formula is C12H25ClN2O. The normalized spacial score (nSPS) is 19.2. The predicted octanol–water partition coefficient (Wildman–Crippen LogP) is 2.06. The molecule has 0 saturated carbocycles. The van der Waals surface area contributed by atoms with E-state index in [-0.39, 0.29) is 12.4 Å². The van der Waals surface area contributed by atoms with E-state index in [1.165, 1.54) is 6.42 Å². The summed E-state index contributed by atoms with van der Waals surface area (Å²) in [6, 6.07) is 0. The summed E-state index contributed by atoms with van der Waals surface area (Å²) in [5.41, 5.74) is 0. The Labute approximate surface area is 105 Å². The largest absolute Gasteiger partial charge is 0.343 e. The molecule has 1 unspecified atom stereocenters. The number of nitrogens with one attached hydrogen (secondary N) is 1. The van der Waals surface area contributed by atoms with Crippen molar-refractivity contribution in [2.24, 2.45) is 5.92 Å². The number of rotatable bonds is 6. The Morgan fingerprint density at radius 2 is 2.19 bits per heavy atom. The summed E-state index contributed by atoms with van der Waals surface area (Å²) < 4.78 is 0. The Morgan fingerprint density at radius 3 is 2.69 bits per heavy atom. The predicted molar refractivity (Wildman–Crippen MR) is 70.0 cm³/mol. The van der Waals surface area contributed by atoms with Crippen LogP contribution in [0.4, 0.5) is 0 Å². The van der Waals surface area contributed by atoms with Crippen molar-refractivity contribution < 1.29 is 4.79 Å². The van der Waals surface area contributed by atoms with E-state index in [1.54, 1.807) is 0 Å². The second-order valence-electron chi connectivity index (χ2n) is 4.37. The molecule has 0 aromatic heterocycles. The van der Waals surface area contributed by atoms with Gasteiger partial charge in [0.25, 0.3) is 0 Å². The summed E-state index contributed by atoms with van der Waals surface area (Å²) in [5.74, 6) is 1.07. The summed E-state index contributed by atoms with van der Waals surface area (Å²) in [6.07, 6.45) is 4.10. The molecule has 1 aliphatic rings. The fourth-order valence-corrected chi connectivity index (χ4v) is 2.18. The standard InChI is InChI=1S/C12H24N2O.ClH/c1-3-9-14(4-2)12(15)6-5-11-7-8-13-10-11;/h11,13H,3-10H2,1-2H3;1H. The molecule has 1 aliphatic heterocycles. The van der Waals surface area contributed by atoms with Gasteiger partial charge in [0.2, 0.25) is 5.91 Å². The Hall–Kier alpha value is -0.280. The lowest BCUT2D eigenvalue weighted by Gasteiger charge is -2.20. The molecule has 1 atom stereocenters. The Balaban J connectivity index is 0.00000225. The van der Waals surface area contributed by atoms with Gasteiger partial charge >= 0.3 is 0 Å². The maximum atomic E-state index is 11.8. The summed E-state index contributed by atoms with van der Waals surface area (Å²) in [5, 5.41) is 3.34. The van der Waals surface area contributed by atoms with Crippen molar-refractivity contribution in [2.75, 3.05) is 26.2 Å². The molecule has 0 radical (unpaired) electrons. The number of halogens is 1. The van der Waals surface area contributed by atoms with Crippen LogP contribution in [0.25, 0.3) is 0 Å². The molecule has 0 spiro atoms. The molecule has 1 N–H and O–H groups in total. The zero-order valence-electron chi connectivity index (χ0n) is 10.5. The first-order chi connectivity index (χ1) is 7.27. The fourth-order valence-electron chi connectivity index (χ4n) is 2.18. The highest BCUT2D eigenvalue weighted by atomic mass is 35.5. The van der Waals surface area contributed by atoms with Crippen LogP contribution in [-0.4, -0.2) is 37.0 Å². The van der Waals surface area contributed by atoms with Gasteiger partial charge in [0.15, 0.2) is 0 Å². The van der Waals surface area contributed by atoms with Gasteiger partial charge in [-0.3, -0.25) is 4.79 Å². The van der Waals surface area contributed by atoms with Crippen LogP contribution in [0.5, 0.6) is 0 Å². The molecule has 1 amide bonds. The Morgan fingerprint density at radius 1 is 1.44 bits per heavy atom. The Bertz CT molecular complexity index is 193. The van der Waals surface area contributed by atoms with Gasteiger partial charge in [-0.05, 0) is 45.2 Å². The van der Waals surface area contributed by atoms with E-state index < -0.39 is 0 Å².